The summed E-state index contributed by atoms with van der Waals surface area (Å²) in [5.74, 6) is 1.67. The largest absolute Gasteiger partial charge is 0.340 e. The third-order valence-electron chi connectivity index (χ3n) is 3.37. The predicted octanol–water partition coefficient (Wildman–Crippen LogP) is 1.33. The second-order valence-corrected chi connectivity index (χ2v) is 5.81. The van der Waals surface area contributed by atoms with E-state index in [1.54, 1.807) is 11.8 Å². The number of imidazole rings is 1. The van der Waals surface area contributed by atoms with Crippen LogP contribution >= 0.6 is 11.8 Å². The Labute approximate surface area is 126 Å². The van der Waals surface area contributed by atoms with E-state index in [4.69, 9.17) is 5.73 Å². The summed E-state index contributed by atoms with van der Waals surface area (Å²) < 4.78 is 0. The van der Waals surface area contributed by atoms with Gasteiger partial charge in [-0.15, -0.1) is 11.8 Å². The van der Waals surface area contributed by atoms with Crippen molar-refractivity contribution in [2.24, 2.45) is 5.73 Å². The Morgan fingerprint density at radius 1 is 1.48 bits per heavy atom. The van der Waals surface area contributed by atoms with Gasteiger partial charge in [-0.2, -0.15) is 0 Å². The first kappa shape index (κ1) is 14.0. The van der Waals surface area contributed by atoms with E-state index in [1.807, 2.05) is 29.7 Å². The van der Waals surface area contributed by atoms with Crippen LogP contribution in [-0.2, 0) is 11.3 Å². The minimum Gasteiger partial charge on any atom is -0.340 e. The van der Waals surface area contributed by atoms with Crippen LogP contribution in [-0.4, -0.2) is 33.2 Å². The first-order valence-corrected chi connectivity index (χ1v) is 7.72. The number of H-pyrrole nitrogens is 1. The molecule has 0 aliphatic carbocycles. The number of nitrogens with zero attached hydrogens (tertiary/aromatic N) is 2. The van der Waals surface area contributed by atoms with Crippen LogP contribution in [0.15, 0.2) is 35.5 Å². The number of aromatic nitrogens is 2. The van der Waals surface area contributed by atoms with E-state index in [9.17, 15) is 4.79 Å². The topological polar surface area (TPSA) is 87.0 Å². The lowest BCUT2D eigenvalue weighted by Crippen LogP contribution is -2.35. The van der Waals surface area contributed by atoms with E-state index in [-0.39, 0.29) is 5.37 Å². The lowest BCUT2D eigenvalue weighted by atomic mass is 10.3. The van der Waals surface area contributed by atoms with Gasteiger partial charge >= 0.3 is 0 Å². The van der Waals surface area contributed by atoms with Gasteiger partial charge < -0.3 is 20.9 Å². The second kappa shape index (κ2) is 6.19. The number of nitrogens with one attached hydrogen (secondary N) is 2. The maximum absolute atomic E-state index is 10.7. The number of hydrogen-bond acceptors (Lipinski definition) is 5. The number of thioether (sulfide) groups is 1. The Balaban J connectivity index is 1.82. The van der Waals surface area contributed by atoms with E-state index in [1.165, 1.54) is 0 Å². The van der Waals surface area contributed by atoms with Crippen LogP contribution in [0.2, 0.25) is 0 Å². The summed E-state index contributed by atoms with van der Waals surface area (Å²) in [5.41, 5.74) is 7.63. The molecule has 1 aliphatic rings. The molecule has 1 aliphatic heterocycles. The van der Waals surface area contributed by atoms with Gasteiger partial charge in [0.15, 0.2) is 0 Å². The highest BCUT2D eigenvalue weighted by atomic mass is 32.2. The Bertz CT molecular complexity index is 635. The monoisotopic (exact) mass is 303 g/mol. The first-order valence-electron chi connectivity index (χ1n) is 6.78. The average Bonchev–Trinajstić information content (AvgIpc) is 3.05. The van der Waals surface area contributed by atoms with E-state index in [2.05, 4.69) is 20.2 Å². The van der Waals surface area contributed by atoms with Gasteiger partial charge in [0, 0.05) is 5.41 Å². The summed E-state index contributed by atoms with van der Waals surface area (Å²) in [4.78, 5) is 20.7. The molecule has 0 fully saturated rings. The Hall–Kier alpha value is -1.99. The van der Waals surface area contributed by atoms with Crippen molar-refractivity contribution in [3.63, 3.8) is 0 Å². The maximum atomic E-state index is 10.7. The second-order valence-electron chi connectivity index (χ2n) is 4.76. The van der Waals surface area contributed by atoms with Crippen molar-refractivity contribution in [2.75, 3.05) is 6.54 Å². The average molecular weight is 303 g/mol. The van der Waals surface area contributed by atoms with Crippen LogP contribution in [0.1, 0.15) is 12.2 Å². The van der Waals surface area contributed by atoms with Crippen LogP contribution in [0.4, 0.5) is 0 Å². The van der Waals surface area contributed by atoms with Gasteiger partial charge in [0.1, 0.15) is 11.6 Å². The molecule has 1 atom stereocenters. The van der Waals surface area contributed by atoms with Crippen molar-refractivity contribution in [2.45, 2.75) is 18.3 Å². The van der Waals surface area contributed by atoms with Gasteiger partial charge in [-0.25, -0.2) is 4.98 Å². The molecule has 6 nitrogen and oxygen atoms in total. The zero-order valence-corrected chi connectivity index (χ0v) is 12.3. The Morgan fingerprint density at radius 2 is 2.33 bits per heavy atom. The van der Waals surface area contributed by atoms with Crippen molar-refractivity contribution in [3.8, 4) is 0 Å². The van der Waals surface area contributed by atoms with Gasteiger partial charge in [0.05, 0.1) is 23.0 Å². The van der Waals surface area contributed by atoms with Crippen LogP contribution in [0.5, 0.6) is 0 Å². The van der Waals surface area contributed by atoms with Crippen molar-refractivity contribution >= 4 is 29.2 Å². The SMILES string of the molecule is NCCC1SC=C(NC=O)N1Cc1nc2ccccc2[nH]1. The minimum absolute atomic E-state index is 0.227. The highest BCUT2D eigenvalue weighted by Crippen LogP contribution is 2.32. The molecule has 1 amide bonds. The summed E-state index contributed by atoms with van der Waals surface area (Å²) in [7, 11) is 0. The number of hydrogen-bond donors (Lipinski definition) is 3. The molecule has 0 bridgehead atoms. The van der Waals surface area contributed by atoms with Crippen LogP contribution in [0.3, 0.4) is 0 Å². The molecule has 21 heavy (non-hydrogen) atoms. The van der Waals surface area contributed by atoms with Crippen LogP contribution in [0, 0.1) is 0 Å². The summed E-state index contributed by atoms with van der Waals surface area (Å²) in [6.07, 6.45) is 1.55. The van der Waals surface area contributed by atoms with Crippen molar-refractivity contribution < 1.29 is 4.79 Å². The van der Waals surface area contributed by atoms with Crippen molar-refractivity contribution in [3.05, 3.63) is 41.3 Å². The zero-order valence-electron chi connectivity index (χ0n) is 11.5. The number of aromatic amines is 1. The van der Waals surface area contributed by atoms with Crippen LogP contribution in [0.25, 0.3) is 11.0 Å². The predicted molar refractivity (Wildman–Crippen MR) is 84.0 cm³/mol. The first-order chi connectivity index (χ1) is 10.3. The molecule has 7 heteroatoms. The molecular weight excluding hydrogens is 286 g/mol. The number of fused-ring (bicyclic) bond motifs is 1. The third-order valence-corrected chi connectivity index (χ3v) is 4.54. The number of nitrogens with two attached hydrogens (primary N) is 1. The number of rotatable bonds is 6. The van der Waals surface area contributed by atoms with Gasteiger partial charge in [0.25, 0.3) is 0 Å². The zero-order chi connectivity index (χ0) is 14.7. The molecule has 1 aromatic carbocycles. The fourth-order valence-electron chi connectivity index (χ4n) is 2.41. The molecule has 0 saturated heterocycles. The summed E-state index contributed by atoms with van der Waals surface area (Å²) in [6.45, 7) is 1.22. The standard InChI is InChI=1S/C14H17N5OS/c15-6-5-14-19(13(8-21-14)16-9-20)7-12-17-10-3-1-2-4-11(10)18-12/h1-4,8-9,14H,5-7,15H2,(H,16,20)(H,17,18). The van der Waals surface area contributed by atoms with Crippen molar-refractivity contribution in [1.29, 1.82) is 0 Å². The van der Waals surface area contributed by atoms with Gasteiger partial charge in [-0.1, -0.05) is 12.1 Å². The number of carbonyl (C=O) groups excluding carboxylic acids is 1. The van der Waals surface area contributed by atoms with Crippen molar-refractivity contribution in [1.82, 2.24) is 20.2 Å². The minimum atomic E-state index is 0.227. The highest BCUT2D eigenvalue weighted by Gasteiger charge is 2.27. The summed E-state index contributed by atoms with van der Waals surface area (Å²) >= 11 is 1.67. The maximum Gasteiger partial charge on any atom is 0.212 e. The molecule has 2 aromatic rings. The lowest BCUT2D eigenvalue weighted by Gasteiger charge is -2.27. The number of para-hydroxylation sites is 2. The normalized spacial score (nSPS) is 18.0. The molecule has 0 spiro atoms. The number of amides is 1. The number of carbonyl (C=O) groups is 1. The van der Waals surface area contributed by atoms with E-state index >= 15 is 0 Å². The van der Waals surface area contributed by atoms with E-state index in [0.717, 1.165) is 29.1 Å². The molecular formula is C14H17N5OS. The Kier molecular flexibility index (Phi) is 4.12. The third kappa shape index (κ3) is 2.88. The smallest absolute Gasteiger partial charge is 0.212 e. The molecule has 0 saturated carbocycles. The van der Waals surface area contributed by atoms with Crippen LogP contribution < -0.4 is 11.1 Å². The molecule has 4 N–H and O–H groups in total. The fraction of sp³-hybridized carbons (Fsp3) is 0.286. The van der Waals surface area contributed by atoms with E-state index in [0.29, 0.717) is 19.5 Å². The fourth-order valence-corrected chi connectivity index (χ4v) is 3.51. The quantitative estimate of drug-likeness (QED) is 0.701. The molecule has 3 rings (SSSR count). The lowest BCUT2D eigenvalue weighted by molar-refractivity contribution is -0.109. The Morgan fingerprint density at radius 3 is 3.10 bits per heavy atom. The highest BCUT2D eigenvalue weighted by molar-refractivity contribution is 8.02. The molecule has 110 valence electrons. The van der Waals surface area contributed by atoms with Gasteiger partial charge in [-0.3, -0.25) is 4.79 Å². The summed E-state index contributed by atoms with van der Waals surface area (Å²) in [6, 6.07) is 7.93. The molecule has 2 heterocycles. The molecule has 1 aromatic heterocycles. The van der Waals surface area contributed by atoms with E-state index < -0.39 is 0 Å². The number of benzene rings is 1. The van der Waals surface area contributed by atoms with Gasteiger partial charge in [-0.05, 0) is 25.1 Å². The summed E-state index contributed by atoms with van der Waals surface area (Å²) in [5, 5.41) is 4.92. The molecule has 1 unspecified atom stereocenters. The molecule has 0 radical (unpaired) electrons. The van der Waals surface area contributed by atoms with Gasteiger partial charge in [0.2, 0.25) is 6.41 Å².